The van der Waals surface area contributed by atoms with Gasteiger partial charge in [0.25, 0.3) is 17.7 Å². The molecule has 2 aliphatic rings. The van der Waals surface area contributed by atoms with Gasteiger partial charge in [-0.25, -0.2) is 0 Å². The highest BCUT2D eigenvalue weighted by molar-refractivity contribution is 6.26. The first kappa shape index (κ1) is 26.4. The van der Waals surface area contributed by atoms with Crippen molar-refractivity contribution in [1.82, 2.24) is 15.2 Å². The number of hydrogen-bond acceptors (Lipinski definition) is 6. The first-order valence-electron chi connectivity index (χ1n) is 11.9. The average molecular weight is 502 g/mol. The van der Waals surface area contributed by atoms with Crippen molar-refractivity contribution in [2.24, 2.45) is 5.73 Å². The van der Waals surface area contributed by atoms with Crippen LogP contribution < -0.4 is 16.6 Å². The Balaban J connectivity index is 0.00000342. The maximum absolute atomic E-state index is 13.1. The van der Waals surface area contributed by atoms with Crippen LogP contribution in [0, 0.1) is 0 Å². The van der Waals surface area contributed by atoms with Crippen molar-refractivity contribution in [2.45, 2.75) is 51.5 Å². The summed E-state index contributed by atoms with van der Waals surface area (Å²) in [5, 5.41) is 1.26. The van der Waals surface area contributed by atoms with E-state index in [-0.39, 0.29) is 42.6 Å². The number of amides is 4. The van der Waals surface area contributed by atoms with Crippen LogP contribution in [-0.4, -0.2) is 59.1 Å². The first-order valence-corrected chi connectivity index (χ1v) is 11.9. The standard InChI is InChI=1S/C25H31N5O4.ClH/c1-2-3-4-5-13-30-24(33)17-9-6-8-16-19(12-11-18(22(16)17)25(30)34)27-28-23(32)20-10-7-14-29(20)21(31)15-26;/h6,8-9,11-12,20,27H,2-5,7,10,13-15,26H2,1H3,(H,28,32);1H/t20-;/m0./s1. The zero-order chi connectivity index (χ0) is 24.2. The second-order valence-electron chi connectivity index (χ2n) is 8.77. The van der Waals surface area contributed by atoms with Gasteiger partial charge in [-0.05, 0) is 37.5 Å². The number of anilines is 1. The topological polar surface area (TPSA) is 125 Å². The summed E-state index contributed by atoms with van der Waals surface area (Å²) in [6.45, 7) is 2.90. The molecule has 0 unspecified atom stereocenters. The van der Waals surface area contributed by atoms with E-state index in [1.54, 1.807) is 24.3 Å². The second-order valence-corrected chi connectivity index (χ2v) is 8.77. The number of halogens is 1. The number of benzene rings is 2. The van der Waals surface area contributed by atoms with Crippen LogP contribution in [-0.2, 0) is 9.59 Å². The molecule has 1 saturated heterocycles. The van der Waals surface area contributed by atoms with Crippen LogP contribution >= 0.6 is 12.4 Å². The fourth-order valence-electron chi connectivity index (χ4n) is 4.82. The quantitative estimate of drug-likeness (QED) is 0.275. The summed E-state index contributed by atoms with van der Waals surface area (Å²) in [5.41, 5.74) is 12.6. The zero-order valence-electron chi connectivity index (χ0n) is 19.8. The predicted octanol–water partition coefficient (Wildman–Crippen LogP) is 2.83. The minimum atomic E-state index is -0.576. The van der Waals surface area contributed by atoms with Gasteiger partial charge in [-0.15, -0.1) is 12.4 Å². The molecule has 1 fully saturated rings. The van der Waals surface area contributed by atoms with Crippen LogP contribution in [0.15, 0.2) is 30.3 Å². The molecule has 1 atom stereocenters. The summed E-state index contributed by atoms with van der Waals surface area (Å²) < 4.78 is 0. The number of carbonyl (C=O) groups is 4. The number of nitrogens with one attached hydrogen (secondary N) is 2. The Morgan fingerprint density at radius 1 is 1.06 bits per heavy atom. The van der Waals surface area contributed by atoms with Gasteiger partial charge in [0, 0.05) is 35.0 Å². The summed E-state index contributed by atoms with van der Waals surface area (Å²) in [5.74, 6) is -1.16. The van der Waals surface area contributed by atoms with Crippen molar-refractivity contribution in [3.8, 4) is 0 Å². The van der Waals surface area contributed by atoms with Crippen molar-refractivity contribution < 1.29 is 19.2 Å². The van der Waals surface area contributed by atoms with Crippen LogP contribution in [0.25, 0.3) is 10.8 Å². The van der Waals surface area contributed by atoms with Gasteiger partial charge < -0.3 is 10.6 Å². The Morgan fingerprint density at radius 3 is 2.51 bits per heavy atom. The van der Waals surface area contributed by atoms with E-state index < -0.39 is 6.04 Å². The molecular weight excluding hydrogens is 470 g/mol. The molecule has 188 valence electrons. The molecule has 10 heteroatoms. The maximum Gasteiger partial charge on any atom is 0.261 e. The SMILES string of the molecule is CCCCCCN1C(=O)c2cccc3c(NNC(=O)[C@@H]4CCCN4C(=O)CN)ccc(c23)C1=O.Cl. The van der Waals surface area contributed by atoms with Gasteiger partial charge in [0.05, 0.1) is 12.2 Å². The molecule has 4 rings (SSSR count). The van der Waals surface area contributed by atoms with Crippen LogP contribution in [0.1, 0.15) is 66.2 Å². The molecule has 35 heavy (non-hydrogen) atoms. The fourth-order valence-corrected chi connectivity index (χ4v) is 4.82. The summed E-state index contributed by atoms with van der Waals surface area (Å²) in [4.78, 5) is 53.9. The molecule has 2 aromatic carbocycles. The molecule has 0 saturated carbocycles. The highest BCUT2D eigenvalue weighted by atomic mass is 35.5. The van der Waals surface area contributed by atoms with E-state index in [0.29, 0.717) is 47.1 Å². The number of imide groups is 1. The van der Waals surface area contributed by atoms with Crippen LogP contribution in [0.3, 0.4) is 0 Å². The molecule has 2 aliphatic heterocycles. The molecule has 0 spiro atoms. The van der Waals surface area contributed by atoms with E-state index in [9.17, 15) is 19.2 Å². The number of unbranched alkanes of at least 4 members (excludes halogenated alkanes) is 3. The number of nitrogens with two attached hydrogens (primary N) is 1. The van der Waals surface area contributed by atoms with Gasteiger partial charge in [0.15, 0.2) is 0 Å². The highest BCUT2D eigenvalue weighted by Gasteiger charge is 2.34. The smallest absolute Gasteiger partial charge is 0.261 e. The Morgan fingerprint density at radius 2 is 1.80 bits per heavy atom. The maximum atomic E-state index is 13.1. The Bertz CT molecular complexity index is 1120. The molecule has 2 aromatic rings. The fraction of sp³-hybridized carbons (Fsp3) is 0.440. The van der Waals surface area contributed by atoms with Crippen molar-refractivity contribution in [3.63, 3.8) is 0 Å². The van der Waals surface area contributed by atoms with Gasteiger partial charge in [0.2, 0.25) is 5.91 Å². The summed E-state index contributed by atoms with van der Waals surface area (Å²) in [6.07, 6.45) is 5.22. The Labute approximate surface area is 210 Å². The first-order chi connectivity index (χ1) is 16.5. The number of carbonyl (C=O) groups excluding carboxylic acids is 4. The summed E-state index contributed by atoms with van der Waals surface area (Å²) in [6, 6.07) is 8.16. The lowest BCUT2D eigenvalue weighted by molar-refractivity contribution is -0.137. The summed E-state index contributed by atoms with van der Waals surface area (Å²) >= 11 is 0. The second kappa shape index (κ2) is 11.5. The lowest BCUT2D eigenvalue weighted by atomic mass is 9.93. The van der Waals surface area contributed by atoms with Gasteiger partial charge >= 0.3 is 0 Å². The Kier molecular flexibility index (Phi) is 8.69. The number of hydrazine groups is 1. The number of likely N-dealkylation sites (tertiary alicyclic amines) is 1. The van der Waals surface area contributed by atoms with Crippen LogP contribution in [0.5, 0.6) is 0 Å². The Hall–Kier alpha value is -3.17. The number of hydrogen-bond donors (Lipinski definition) is 3. The summed E-state index contributed by atoms with van der Waals surface area (Å²) in [7, 11) is 0. The molecule has 4 N–H and O–H groups in total. The third-order valence-corrected chi connectivity index (χ3v) is 6.60. The van der Waals surface area contributed by atoms with Gasteiger partial charge in [-0.2, -0.15) is 0 Å². The molecule has 9 nitrogen and oxygen atoms in total. The van der Waals surface area contributed by atoms with E-state index in [1.165, 1.54) is 9.80 Å². The minimum Gasteiger partial charge on any atom is -0.330 e. The lowest BCUT2D eigenvalue weighted by Gasteiger charge is -2.28. The van der Waals surface area contributed by atoms with E-state index >= 15 is 0 Å². The minimum absolute atomic E-state index is 0. The largest absolute Gasteiger partial charge is 0.330 e. The number of rotatable bonds is 9. The van der Waals surface area contributed by atoms with Crippen LogP contribution in [0.4, 0.5) is 5.69 Å². The molecule has 0 aliphatic carbocycles. The third kappa shape index (κ3) is 5.11. The molecule has 0 bridgehead atoms. The predicted molar refractivity (Wildman–Crippen MR) is 136 cm³/mol. The van der Waals surface area contributed by atoms with Crippen molar-refractivity contribution in [1.29, 1.82) is 0 Å². The van der Waals surface area contributed by atoms with Gasteiger partial charge in [0.1, 0.15) is 6.04 Å². The molecule has 0 radical (unpaired) electrons. The van der Waals surface area contributed by atoms with Crippen molar-refractivity contribution >= 4 is 52.5 Å². The van der Waals surface area contributed by atoms with Crippen molar-refractivity contribution in [2.75, 3.05) is 25.1 Å². The average Bonchev–Trinajstić information content (AvgIpc) is 3.35. The lowest BCUT2D eigenvalue weighted by Crippen LogP contribution is -2.49. The van der Waals surface area contributed by atoms with Crippen LogP contribution in [0.2, 0.25) is 0 Å². The highest BCUT2D eigenvalue weighted by Crippen LogP contribution is 2.34. The molecule has 4 amide bonds. The van der Waals surface area contributed by atoms with Crippen molar-refractivity contribution in [3.05, 3.63) is 41.5 Å². The zero-order valence-corrected chi connectivity index (χ0v) is 20.7. The monoisotopic (exact) mass is 501 g/mol. The normalized spacial score (nSPS) is 16.9. The van der Waals surface area contributed by atoms with Gasteiger partial charge in [-0.1, -0.05) is 38.3 Å². The number of nitrogens with zero attached hydrogens (tertiary/aromatic N) is 2. The van der Waals surface area contributed by atoms with E-state index in [1.807, 2.05) is 6.07 Å². The van der Waals surface area contributed by atoms with E-state index in [0.717, 1.165) is 32.1 Å². The van der Waals surface area contributed by atoms with E-state index in [2.05, 4.69) is 17.8 Å². The molecular formula is C25H32ClN5O4. The van der Waals surface area contributed by atoms with E-state index in [4.69, 9.17) is 5.73 Å². The third-order valence-electron chi connectivity index (χ3n) is 6.60. The molecule has 2 heterocycles. The molecule has 0 aromatic heterocycles. The van der Waals surface area contributed by atoms with Gasteiger partial charge in [-0.3, -0.25) is 34.9 Å².